The summed E-state index contributed by atoms with van der Waals surface area (Å²) in [6.07, 6.45) is -0.812. The number of hydrogen-bond acceptors (Lipinski definition) is 3. The summed E-state index contributed by atoms with van der Waals surface area (Å²) in [5, 5.41) is 1.98. The number of rotatable bonds is 0. The van der Waals surface area contributed by atoms with Crippen molar-refractivity contribution in [2.24, 2.45) is 17.3 Å². The van der Waals surface area contributed by atoms with E-state index >= 15 is 0 Å². The standard InChI is InChI=1S/C42H32O3/c1-39-27-13-7-9-15-29(27)40(2)31-19-25-26(20-32(31)41(3,42(39,40)4)30-16-10-8-14-28(30)39)38-34-33(37(25)45-38)35(43)23-17-21-11-5-6-12-22(21)18-24(23)36(34)44/h5-20,33-34,37-38H,1-4H3/t33-,34+,37+,38-,39?,40+,41-,42?. The first-order valence-electron chi connectivity index (χ1n) is 16.3. The highest BCUT2D eigenvalue weighted by atomic mass is 16.5. The quantitative estimate of drug-likeness (QED) is 0.183. The minimum Gasteiger partial charge on any atom is -0.364 e. The molecule has 1 saturated heterocycles. The van der Waals surface area contributed by atoms with Crippen LogP contribution in [0.4, 0.5) is 0 Å². The Labute approximate surface area is 262 Å². The largest absolute Gasteiger partial charge is 0.364 e. The molecule has 1 fully saturated rings. The number of hydrogen-bond donors (Lipinski definition) is 0. The number of ether oxygens (including phenoxy) is 1. The van der Waals surface area contributed by atoms with Crippen LogP contribution in [-0.2, 0) is 21.0 Å². The van der Waals surface area contributed by atoms with Gasteiger partial charge in [-0.1, -0.05) is 113 Å². The molecule has 3 nitrogen and oxygen atoms in total. The van der Waals surface area contributed by atoms with Crippen LogP contribution in [0.15, 0.2) is 97.1 Å². The number of benzene rings is 5. The van der Waals surface area contributed by atoms with Crippen LogP contribution >= 0.6 is 0 Å². The second-order valence-corrected chi connectivity index (χ2v) is 15.1. The molecule has 0 spiro atoms. The molecular formula is C42H32O3. The van der Waals surface area contributed by atoms with Crippen molar-refractivity contribution in [3.05, 3.63) is 153 Å². The Balaban J connectivity index is 1.17. The number of carbonyl (C=O) groups is 2. The minimum atomic E-state index is -0.483. The molecular weight excluding hydrogens is 552 g/mol. The summed E-state index contributed by atoms with van der Waals surface area (Å²) >= 11 is 0. The van der Waals surface area contributed by atoms with Gasteiger partial charge in [-0.15, -0.1) is 0 Å². The third kappa shape index (κ3) is 2.21. The van der Waals surface area contributed by atoms with Crippen LogP contribution < -0.4 is 0 Å². The smallest absolute Gasteiger partial charge is 0.170 e. The van der Waals surface area contributed by atoms with Crippen molar-refractivity contribution in [2.45, 2.75) is 56.1 Å². The molecule has 0 N–H and O–H groups in total. The highest BCUT2D eigenvalue weighted by Crippen LogP contribution is 2.82. The summed E-state index contributed by atoms with van der Waals surface area (Å²) in [6, 6.07) is 34.8. The molecule has 0 radical (unpaired) electrons. The SMILES string of the molecule is CC12c3ccccc3[C@@]3(C)c4cc5c(cc4[C@@](C)(c4ccccc41)C23C)[C@H]1O[C@@H]5[C@H]2C(=O)c3cc4ccccc4cc3C(=O)[C@H]21. The summed E-state index contributed by atoms with van der Waals surface area (Å²) < 4.78 is 6.74. The van der Waals surface area contributed by atoms with Gasteiger partial charge >= 0.3 is 0 Å². The van der Waals surface area contributed by atoms with Gasteiger partial charge in [0.2, 0.25) is 0 Å². The van der Waals surface area contributed by atoms with Crippen LogP contribution in [0.25, 0.3) is 10.8 Å². The predicted molar refractivity (Wildman–Crippen MR) is 173 cm³/mol. The Morgan fingerprint density at radius 1 is 0.489 bits per heavy atom. The van der Waals surface area contributed by atoms with Gasteiger partial charge in [0.05, 0.1) is 24.0 Å². The molecule has 4 aliphatic carbocycles. The highest BCUT2D eigenvalue weighted by Gasteiger charge is 2.80. The van der Waals surface area contributed by atoms with Gasteiger partial charge in [-0.2, -0.15) is 0 Å². The summed E-state index contributed by atoms with van der Waals surface area (Å²) in [7, 11) is 0. The fourth-order valence-corrected chi connectivity index (χ4v) is 12.1. The number of ketones is 2. The van der Waals surface area contributed by atoms with E-state index < -0.39 is 24.0 Å². The summed E-state index contributed by atoms with van der Waals surface area (Å²) in [5.74, 6) is -0.866. The lowest BCUT2D eigenvalue weighted by Gasteiger charge is -2.49. The van der Waals surface area contributed by atoms with Crippen LogP contribution in [0.3, 0.4) is 0 Å². The Morgan fingerprint density at radius 3 is 1.24 bits per heavy atom. The normalized spacial score (nSPS) is 36.8. The molecule has 6 aliphatic rings. The van der Waals surface area contributed by atoms with Gasteiger partial charge in [-0.25, -0.2) is 0 Å². The number of Topliss-reactive ketones (excluding diaryl/α,β-unsaturated/α-hetero) is 2. The van der Waals surface area contributed by atoms with Gasteiger partial charge in [0.25, 0.3) is 0 Å². The van der Waals surface area contributed by atoms with E-state index in [4.69, 9.17) is 4.74 Å². The van der Waals surface area contributed by atoms with Crippen molar-refractivity contribution in [1.82, 2.24) is 0 Å². The van der Waals surface area contributed by atoms with E-state index in [1.54, 1.807) is 0 Å². The van der Waals surface area contributed by atoms with Crippen LogP contribution in [-0.4, -0.2) is 11.6 Å². The van der Waals surface area contributed by atoms with E-state index in [-0.39, 0.29) is 33.2 Å². The number of carbonyl (C=O) groups excluding carboxylic acids is 2. The lowest BCUT2D eigenvalue weighted by molar-refractivity contribution is 0.0508. The number of fused-ring (bicyclic) bond motifs is 19. The van der Waals surface area contributed by atoms with Crippen molar-refractivity contribution in [2.75, 3.05) is 0 Å². The molecule has 218 valence electrons. The van der Waals surface area contributed by atoms with Crippen molar-refractivity contribution in [3.63, 3.8) is 0 Å². The molecule has 5 aromatic rings. The molecule has 45 heavy (non-hydrogen) atoms. The van der Waals surface area contributed by atoms with E-state index in [2.05, 4.69) is 88.4 Å². The van der Waals surface area contributed by atoms with Gasteiger partial charge < -0.3 is 4.74 Å². The monoisotopic (exact) mass is 584 g/mol. The Hall–Kier alpha value is -4.34. The average molecular weight is 585 g/mol. The van der Waals surface area contributed by atoms with Crippen molar-refractivity contribution >= 4 is 22.3 Å². The summed E-state index contributed by atoms with van der Waals surface area (Å²) in [6.45, 7) is 9.93. The van der Waals surface area contributed by atoms with Gasteiger partial charge in [0.15, 0.2) is 11.6 Å². The van der Waals surface area contributed by atoms with Crippen molar-refractivity contribution < 1.29 is 14.3 Å². The maximum absolute atomic E-state index is 14.3. The third-order valence-electron chi connectivity index (χ3n) is 14.3. The fourth-order valence-electron chi connectivity index (χ4n) is 12.1. The first-order chi connectivity index (χ1) is 21.7. The third-order valence-corrected chi connectivity index (χ3v) is 14.3. The van der Waals surface area contributed by atoms with E-state index in [1.165, 1.54) is 33.4 Å². The van der Waals surface area contributed by atoms with Gasteiger partial charge in [-0.3, -0.25) is 9.59 Å². The van der Waals surface area contributed by atoms with E-state index in [9.17, 15) is 9.59 Å². The lowest BCUT2D eigenvalue weighted by Crippen LogP contribution is -2.51. The molecule has 0 aromatic heterocycles. The molecule has 2 bridgehead atoms. The van der Waals surface area contributed by atoms with Gasteiger partial charge in [0, 0.05) is 32.8 Å². The van der Waals surface area contributed by atoms with Crippen LogP contribution in [0.2, 0.25) is 0 Å². The Bertz CT molecular complexity index is 2140. The molecule has 5 aromatic carbocycles. The van der Waals surface area contributed by atoms with Crippen LogP contribution in [0, 0.1) is 17.3 Å². The topological polar surface area (TPSA) is 43.4 Å². The van der Waals surface area contributed by atoms with Gasteiger partial charge in [-0.05, 0) is 67.4 Å². The van der Waals surface area contributed by atoms with E-state index in [1.807, 2.05) is 36.4 Å². The maximum atomic E-state index is 14.3. The molecule has 2 heterocycles. The molecule has 3 heteroatoms. The summed E-state index contributed by atoms with van der Waals surface area (Å²) in [5.41, 5.74) is 10.8. The van der Waals surface area contributed by atoms with Crippen molar-refractivity contribution in [1.29, 1.82) is 0 Å². The molecule has 0 amide bonds. The molecule has 8 atom stereocenters. The van der Waals surface area contributed by atoms with Crippen molar-refractivity contribution in [3.8, 4) is 0 Å². The first-order valence-corrected chi connectivity index (χ1v) is 16.3. The minimum absolute atomic E-state index is 0.0497. The predicted octanol–water partition coefficient (Wildman–Crippen LogP) is 8.54. The second kappa shape index (κ2) is 7.21. The Kier molecular flexibility index (Phi) is 3.99. The summed E-state index contributed by atoms with van der Waals surface area (Å²) in [4.78, 5) is 28.6. The second-order valence-electron chi connectivity index (χ2n) is 15.1. The van der Waals surface area contributed by atoms with Crippen LogP contribution in [0.5, 0.6) is 0 Å². The molecule has 2 unspecified atom stereocenters. The zero-order chi connectivity index (χ0) is 30.4. The first kappa shape index (κ1) is 24.9. The average Bonchev–Trinajstić information content (AvgIpc) is 3.76. The highest BCUT2D eigenvalue weighted by molar-refractivity contribution is 6.19. The van der Waals surface area contributed by atoms with E-state index in [0.717, 1.165) is 21.9 Å². The zero-order valence-electron chi connectivity index (χ0n) is 25.8. The zero-order valence-corrected chi connectivity index (χ0v) is 25.8. The molecule has 2 aliphatic heterocycles. The van der Waals surface area contributed by atoms with E-state index in [0.29, 0.717) is 11.1 Å². The van der Waals surface area contributed by atoms with Crippen LogP contribution in [0.1, 0.15) is 105 Å². The Morgan fingerprint density at radius 2 is 0.844 bits per heavy atom. The van der Waals surface area contributed by atoms with Gasteiger partial charge in [0.1, 0.15) is 0 Å². The lowest BCUT2D eigenvalue weighted by atomic mass is 9.52. The molecule has 11 rings (SSSR count). The maximum Gasteiger partial charge on any atom is 0.170 e. The molecule has 0 saturated carbocycles. The fraction of sp³-hybridized carbons (Fsp3) is 0.286.